The van der Waals surface area contributed by atoms with Crippen LogP contribution in [0.2, 0.25) is 0 Å². The number of esters is 2. The molecule has 490 valence electrons. The number of phosphoric acid groups is 1. The summed E-state index contributed by atoms with van der Waals surface area (Å²) in [5, 5.41) is 0. The molecule has 0 fully saturated rings. The highest BCUT2D eigenvalue weighted by Gasteiger charge is 2.22. The number of carbonyl (C=O) groups excluding carboxylic acids is 2. The monoisotopic (exact) mass is 1200 g/mol. The number of unbranched alkanes of at least 4 members (excludes halogenated alkanes) is 40. The third-order valence-corrected chi connectivity index (χ3v) is 16.7. The van der Waals surface area contributed by atoms with Crippen LogP contribution in [0.1, 0.15) is 335 Å². The van der Waals surface area contributed by atoms with E-state index in [1.165, 1.54) is 231 Å². The van der Waals surface area contributed by atoms with Crippen molar-refractivity contribution in [3.8, 4) is 0 Å². The van der Waals surface area contributed by atoms with E-state index in [1.807, 2.05) is 21.1 Å². The lowest BCUT2D eigenvalue weighted by atomic mass is 10.0. The smallest absolute Gasteiger partial charge is 0.306 e. The summed E-state index contributed by atoms with van der Waals surface area (Å²) in [5.74, 6) is -0.822. The van der Waals surface area contributed by atoms with Gasteiger partial charge in [0.2, 0.25) is 0 Å². The number of nitrogens with zero attached hydrogens (tertiary/aromatic N) is 1. The predicted molar refractivity (Wildman–Crippen MR) is 360 cm³/mol. The Bertz CT molecular complexity index is 1650. The van der Waals surface area contributed by atoms with Crippen molar-refractivity contribution in [2.24, 2.45) is 0 Å². The Morgan fingerprint density at radius 3 is 1.01 bits per heavy atom. The Labute approximate surface area is 520 Å². The number of allylic oxidation sites excluding steroid dienone is 12. The standard InChI is InChI=1S/C74H136NO8P/c1-6-8-10-12-14-16-18-20-22-24-26-28-30-32-33-34-35-36-37-38-39-40-41-43-44-46-48-50-52-54-56-58-60-62-64-66-73(76)80-70-72(71-82-84(78,79)81-69-68-75(3,4)5)83-74(77)67-65-63-61-59-57-55-53-51-49-47-45-42-31-29-27-25-23-21-19-17-15-13-11-9-7-2/h9,11,15,17-18,20-21,23-24,26-27,29,72H,6-8,10,12-14,16,19,22,25,28,30-71H2,1-5H3/b11-9-,17-15-,20-18-,23-21-,26-24-,29-27-. The van der Waals surface area contributed by atoms with Gasteiger partial charge in [-0.15, -0.1) is 0 Å². The number of likely N-dealkylation sites (N-methyl/N-ethyl adjacent to an activating group) is 1. The van der Waals surface area contributed by atoms with E-state index in [9.17, 15) is 19.0 Å². The minimum atomic E-state index is -4.64. The molecule has 0 saturated heterocycles. The summed E-state index contributed by atoms with van der Waals surface area (Å²) in [7, 11) is 1.17. The van der Waals surface area contributed by atoms with Gasteiger partial charge >= 0.3 is 11.9 Å². The van der Waals surface area contributed by atoms with Gasteiger partial charge in [-0.1, -0.05) is 311 Å². The molecule has 0 bridgehead atoms. The fourth-order valence-electron chi connectivity index (χ4n) is 10.3. The molecular weight excluding hydrogens is 1060 g/mol. The summed E-state index contributed by atoms with van der Waals surface area (Å²) >= 11 is 0. The summed E-state index contributed by atoms with van der Waals surface area (Å²) < 4.78 is 34.3. The lowest BCUT2D eigenvalue weighted by Crippen LogP contribution is -2.37. The number of hydrogen-bond acceptors (Lipinski definition) is 8. The zero-order valence-electron chi connectivity index (χ0n) is 55.8. The van der Waals surface area contributed by atoms with Crippen LogP contribution in [0.3, 0.4) is 0 Å². The molecule has 9 nitrogen and oxygen atoms in total. The maximum Gasteiger partial charge on any atom is 0.306 e. The lowest BCUT2D eigenvalue weighted by molar-refractivity contribution is -0.870. The van der Waals surface area contributed by atoms with Gasteiger partial charge in [0.25, 0.3) is 7.82 Å². The molecule has 0 heterocycles. The summed E-state index contributed by atoms with van der Waals surface area (Å²) in [6.45, 7) is 4.16. The Hall–Kier alpha value is -2.55. The molecule has 0 aromatic heterocycles. The molecule has 0 radical (unpaired) electrons. The van der Waals surface area contributed by atoms with Crippen LogP contribution in [0.4, 0.5) is 0 Å². The van der Waals surface area contributed by atoms with Gasteiger partial charge < -0.3 is 27.9 Å². The average Bonchev–Trinajstić information content (AvgIpc) is 3.60. The number of hydrogen-bond donors (Lipinski definition) is 0. The molecule has 2 atom stereocenters. The molecular formula is C74H136NO8P. The first-order valence-electron chi connectivity index (χ1n) is 35.6. The van der Waals surface area contributed by atoms with Crippen LogP contribution in [0.15, 0.2) is 72.9 Å². The van der Waals surface area contributed by atoms with E-state index in [0.717, 1.165) is 70.6 Å². The lowest BCUT2D eigenvalue weighted by Gasteiger charge is -2.28. The van der Waals surface area contributed by atoms with Gasteiger partial charge in [-0.05, 0) is 83.5 Å². The normalized spacial score (nSPS) is 13.5. The van der Waals surface area contributed by atoms with Crippen LogP contribution in [0, 0.1) is 0 Å². The summed E-state index contributed by atoms with van der Waals surface area (Å²) in [6, 6.07) is 0. The largest absolute Gasteiger partial charge is 0.756 e. The Kier molecular flexibility index (Phi) is 62.9. The minimum Gasteiger partial charge on any atom is -0.756 e. The molecule has 2 unspecified atom stereocenters. The second kappa shape index (κ2) is 64.9. The number of ether oxygens (including phenoxy) is 2. The third kappa shape index (κ3) is 68.6. The van der Waals surface area contributed by atoms with Crippen molar-refractivity contribution in [1.29, 1.82) is 0 Å². The molecule has 10 heteroatoms. The van der Waals surface area contributed by atoms with Crippen molar-refractivity contribution in [3.63, 3.8) is 0 Å². The van der Waals surface area contributed by atoms with Crippen molar-refractivity contribution < 1.29 is 42.1 Å². The summed E-state index contributed by atoms with van der Waals surface area (Å²) in [6.07, 6.45) is 87.1. The molecule has 0 aromatic carbocycles. The molecule has 0 aliphatic rings. The van der Waals surface area contributed by atoms with Gasteiger partial charge in [0.1, 0.15) is 19.8 Å². The molecule has 0 aliphatic carbocycles. The van der Waals surface area contributed by atoms with Crippen LogP contribution in [-0.2, 0) is 32.7 Å². The summed E-state index contributed by atoms with van der Waals surface area (Å²) in [5.41, 5.74) is 0. The molecule has 0 saturated carbocycles. The van der Waals surface area contributed by atoms with Crippen molar-refractivity contribution in [2.45, 2.75) is 341 Å². The zero-order chi connectivity index (χ0) is 61.2. The van der Waals surface area contributed by atoms with Crippen molar-refractivity contribution in [1.82, 2.24) is 0 Å². The fraction of sp³-hybridized carbons (Fsp3) is 0.811. The Morgan fingerprint density at radius 1 is 0.381 bits per heavy atom. The first-order chi connectivity index (χ1) is 41.0. The average molecular weight is 1200 g/mol. The summed E-state index contributed by atoms with van der Waals surface area (Å²) in [4.78, 5) is 38.1. The quantitative estimate of drug-likeness (QED) is 0.0195. The van der Waals surface area contributed by atoms with E-state index in [2.05, 4.69) is 86.8 Å². The van der Waals surface area contributed by atoms with Gasteiger partial charge in [0.05, 0.1) is 27.7 Å². The van der Waals surface area contributed by atoms with E-state index in [1.54, 1.807) is 0 Å². The maximum absolute atomic E-state index is 12.9. The zero-order valence-corrected chi connectivity index (χ0v) is 56.7. The highest BCUT2D eigenvalue weighted by molar-refractivity contribution is 7.45. The molecule has 0 amide bonds. The van der Waals surface area contributed by atoms with E-state index in [4.69, 9.17) is 18.5 Å². The van der Waals surface area contributed by atoms with E-state index in [-0.39, 0.29) is 32.0 Å². The van der Waals surface area contributed by atoms with E-state index in [0.29, 0.717) is 17.4 Å². The Morgan fingerprint density at radius 2 is 0.679 bits per heavy atom. The van der Waals surface area contributed by atoms with Crippen molar-refractivity contribution in [3.05, 3.63) is 72.9 Å². The molecule has 0 rings (SSSR count). The van der Waals surface area contributed by atoms with Crippen LogP contribution in [-0.4, -0.2) is 70.0 Å². The maximum atomic E-state index is 12.9. The first kappa shape index (κ1) is 81.5. The second-order valence-electron chi connectivity index (χ2n) is 25.2. The highest BCUT2D eigenvalue weighted by Crippen LogP contribution is 2.38. The topological polar surface area (TPSA) is 111 Å². The van der Waals surface area contributed by atoms with E-state index >= 15 is 0 Å². The van der Waals surface area contributed by atoms with Crippen LogP contribution < -0.4 is 4.89 Å². The SMILES string of the molecule is CC/C=C\C/C=C\C/C=C\C/C=C\CCCCCCCCCCCCCCC(=O)OC(COC(=O)CCCCCCCCCCCCCCCCCCCCCCCCC/C=C\C/C=C\CCCCCCC)COP(=O)([O-])OCC[N+](C)(C)C. The molecule has 0 aliphatic heterocycles. The first-order valence-corrected chi connectivity index (χ1v) is 37.1. The van der Waals surface area contributed by atoms with Crippen molar-refractivity contribution >= 4 is 19.8 Å². The van der Waals surface area contributed by atoms with Crippen LogP contribution >= 0.6 is 7.82 Å². The molecule has 0 aromatic rings. The van der Waals surface area contributed by atoms with Gasteiger partial charge in [0, 0.05) is 12.8 Å². The van der Waals surface area contributed by atoms with Gasteiger partial charge in [-0.2, -0.15) is 0 Å². The van der Waals surface area contributed by atoms with Gasteiger partial charge in [-0.25, -0.2) is 0 Å². The third-order valence-electron chi connectivity index (χ3n) is 15.7. The van der Waals surface area contributed by atoms with Gasteiger partial charge in [-0.3, -0.25) is 14.2 Å². The fourth-order valence-corrected chi connectivity index (χ4v) is 11.0. The number of rotatable bonds is 66. The van der Waals surface area contributed by atoms with Gasteiger partial charge in [0.15, 0.2) is 6.10 Å². The number of carbonyl (C=O) groups is 2. The van der Waals surface area contributed by atoms with Crippen LogP contribution in [0.5, 0.6) is 0 Å². The van der Waals surface area contributed by atoms with E-state index < -0.39 is 26.5 Å². The highest BCUT2D eigenvalue weighted by atomic mass is 31.2. The second-order valence-corrected chi connectivity index (χ2v) is 26.6. The molecule has 0 spiro atoms. The van der Waals surface area contributed by atoms with Crippen LogP contribution in [0.25, 0.3) is 0 Å². The number of quaternary nitrogens is 1. The number of phosphoric ester groups is 1. The van der Waals surface area contributed by atoms with Crippen molar-refractivity contribution in [2.75, 3.05) is 47.5 Å². The minimum absolute atomic E-state index is 0.0315. The molecule has 84 heavy (non-hydrogen) atoms. The Balaban J connectivity index is 3.98. The predicted octanol–water partition coefficient (Wildman–Crippen LogP) is 22.5. The molecule has 0 N–H and O–H groups in total.